The molecule has 0 amide bonds. The van der Waals surface area contributed by atoms with Gasteiger partial charge in [-0.05, 0) is 26.3 Å². The number of aliphatic hydroxyl groups is 1. The number of hydrogen-bond acceptors (Lipinski definition) is 3. The lowest BCUT2D eigenvalue weighted by molar-refractivity contribution is -0.107. The molecule has 0 aliphatic carbocycles. The number of carbonyl (C=O) groups is 1. The zero-order chi connectivity index (χ0) is 12.5. The first-order chi connectivity index (χ1) is 7.31. The van der Waals surface area contributed by atoms with Gasteiger partial charge in [-0.15, -0.1) is 0 Å². The van der Waals surface area contributed by atoms with E-state index in [1.807, 2.05) is 19.9 Å². The summed E-state index contributed by atoms with van der Waals surface area (Å²) in [5, 5.41) is 9.97. The van der Waals surface area contributed by atoms with Gasteiger partial charge < -0.3 is 5.11 Å². The molecule has 0 bridgehead atoms. The topological polar surface area (TPSA) is 37.3 Å². The van der Waals surface area contributed by atoms with Crippen LogP contribution < -0.4 is 0 Å². The molecular formula is C14H20O2S. The lowest BCUT2D eigenvalue weighted by atomic mass is 9.99. The summed E-state index contributed by atoms with van der Waals surface area (Å²) in [5.74, 6) is 0.0937. The first kappa shape index (κ1) is 15.8. The Balaban J connectivity index is 0.00000256. The highest BCUT2D eigenvalue weighted by molar-refractivity contribution is 8.16. The Morgan fingerprint density at radius 2 is 2.00 bits per heavy atom. The number of aliphatic hydroxyl groups excluding tert-OH is 1. The molecule has 3 heteroatoms. The second kappa shape index (κ2) is 5.41. The van der Waals surface area contributed by atoms with Crippen molar-refractivity contribution in [2.24, 2.45) is 0 Å². The molecule has 1 rings (SSSR count). The van der Waals surface area contributed by atoms with Gasteiger partial charge in [0.15, 0.2) is 0 Å². The highest BCUT2D eigenvalue weighted by atomic mass is 32.2. The molecule has 1 N–H and O–H groups in total. The molecule has 0 unspecified atom stereocenters. The Hall–Kier alpha value is -1.22. The summed E-state index contributed by atoms with van der Waals surface area (Å²) in [6.45, 7) is 12.8. The van der Waals surface area contributed by atoms with Crippen molar-refractivity contribution in [1.29, 1.82) is 0 Å². The smallest absolute Gasteiger partial charge is 0.224 e. The third kappa shape index (κ3) is 2.91. The molecule has 0 aromatic rings. The van der Waals surface area contributed by atoms with E-state index in [2.05, 4.69) is 13.2 Å². The Morgan fingerprint density at radius 3 is 2.35 bits per heavy atom. The average Bonchev–Trinajstić information content (AvgIpc) is 2.37. The molecule has 0 aromatic heterocycles. The summed E-state index contributed by atoms with van der Waals surface area (Å²) in [6.07, 6.45) is 3.54. The Kier molecular flexibility index (Phi) is 5.02. The highest BCUT2D eigenvalue weighted by Crippen LogP contribution is 2.45. The largest absolute Gasteiger partial charge is 0.510 e. The number of thioether (sulfide) groups is 1. The predicted molar refractivity (Wildman–Crippen MR) is 76.2 cm³/mol. The minimum Gasteiger partial charge on any atom is -0.510 e. The first-order valence-electron chi connectivity index (χ1n) is 4.96. The molecule has 0 aromatic carbocycles. The quantitative estimate of drug-likeness (QED) is 0.766. The van der Waals surface area contributed by atoms with E-state index in [-0.39, 0.29) is 18.3 Å². The van der Waals surface area contributed by atoms with Gasteiger partial charge in [-0.3, -0.25) is 4.79 Å². The van der Waals surface area contributed by atoms with Crippen molar-refractivity contribution in [2.45, 2.75) is 32.9 Å². The Labute approximate surface area is 108 Å². The van der Waals surface area contributed by atoms with Crippen molar-refractivity contribution >= 4 is 16.9 Å². The Bertz CT molecular complexity index is 430. The number of hydrogen-bond donors (Lipinski definition) is 1. The molecule has 1 aliphatic rings. The molecule has 0 fully saturated rings. The zero-order valence-corrected chi connectivity index (χ0v) is 10.6. The van der Waals surface area contributed by atoms with Gasteiger partial charge in [0, 0.05) is 0 Å². The van der Waals surface area contributed by atoms with Gasteiger partial charge in [0.1, 0.15) is 5.76 Å². The molecular weight excluding hydrogens is 232 g/mol. The zero-order valence-electron chi connectivity index (χ0n) is 9.83. The van der Waals surface area contributed by atoms with Gasteiger partial charge in [0.2, 0.25) is 5.12 Å². The van der Waals surface area contributed by atoms with Gasteiger partial charge >= 0.3 is 0 Å². The maximum Gasteiger partial charge on any atom is 0.224 e. The van der Waals surface area contributed by atoms with Crippen LogP contribution in [0.25, 0.3) is 0 Å². The lowest BCUT2D eigenvalue weighted by Gasteiger charge is -2.18. The van der Waals surface area contributed by atoms with Gasteiger partial charge in [-0.1, -0.05) is 50.1 Å². The van der Waals surface area contributed by atoms with Gasteiger partial charge in [-0.2, -0.15) is 0 Å². The molecule has 0 saturated carbocycles. The second-order valence-electron chi connectivity index (χ2n) is 4.09. The van der Waals surface area contributed by atoms with Crippen molar-refractivity contribution in [3.8, 4) is 0 Å². The molecule has 0 radical (unpaired) electrons. The van der Waals surface area contributed by atoms with Crippen molar-refractivity contribution in [3.63, 3.8) is 0 Å². The van der Waals surface area contributed by atoms with E-state index in [0.29, 0.717) is 11.1 Å². The molecule has 1 aliphatic heterocycles. The lowest BCUT2D eigenvalue weighted by Crippen LogP contribution is -2.17. The molecule has 0 spiro atoms. The van der Waals surface area contributed by atoms with Crippen LogP contribution in [0.4, 0.5) is 0 Å². The van der Waals surface area contributed by atoms with Crippen LogP contribution in [0.2, 0.25) is 0 Å². The van der Waals surface area contributed by atoms with Gasteiger partial charge in [0.05, 0.1) is 10.3 Å². The van der Waals surface area contributed by atoms with Crippen LogP contribution in [0.5, 0.6) is 0 Å². The van der Waals surface area contributed by atoms with Crippen LogP contribution >= 0.6 is 11.8 Å². The second-order valence-corrected chi connectivity index (χ2v) is 5.52. The third-order valence-electron chi connectivity index (χ3n) is 2.47. The van der Waals surface area contributed by atoms with E-state index < -0.39 is 4.75 Å². The fourth-order valence-electron chi connectivity index (χ4n) is 1.60. The van der Waals surface area contributed by atoms with Crippen LogP contribution in [0.3, 0.4) is 0 Å². The van der Waals surface area contributed by atoms with Crippen LogP contribution in [-0.4, -0.2) is 15.0 Å². The monoisotopic (exact) mass is 252 g/mol. The average molecular weight is 252 g/mol. The molecule has 94 valence electrons. The third-order valence-corrected chi connectivity index (χ3v) is 3.59. The molecule has 2 nitrogen and oxygen atoms in total. The number of allylic oxidation sites excluding steroid dienone is 3. The number of rotatable bonds is 3. The van der Waals surface area contributed by atoms with Gasteiger partial charge in [-0.25, -0.2) is 0 Å². The molecule has 17 heavy (non-hydrogen) atoms. The first-order valence-corrected chi connectivity index (χ1v) is 5.78. The van der Waals surface area contributed by atoms with Crippen LogP contribution in [0.1, 0.15) is 28.2 Å². The Morgan fingerprint density at radius 1 is 1.47 bits per heavy atom. The fraction of sp³-hybridized carbons (Fsp3) is 0.357. The van der Waals surface area contributed by atoms with E-state index in [1.54, 1.807) is 13.0 Å². The summed E-state index contributed by atoms with van der Waals surface area (Å²) >= 11 is 1.11. The predicted octanol–water partition coefficient (Wildman–Crippen LogP) is 4.18. The van der Waals surface area contributed by atoms with E-state index in [0.717, 1.165) is 17.3 Å². The standard InChI is InChI=1S/C13H16O2S.CH4/c1-6-9(4)7-13(5)11(14)10(8(2)3)12(15)16-13;/h6-7,14H,1-2H2,3-5H3;1H4/b9-7+;/t13-;/m1./s1. The van der Waals surface area contributed by atoms with Crippen LogP contribution in [0, 0.1) is 0 Å². The number of carbonyl (C=O) groups excluding carboxylic acids is 1. The maximum atomic E-state index is 11.7. The SMILES string of the molecule is C.C=C/C(C)=C/[C@@]1(C)SC(=O)C(C(=C)C)=C1O. The van der Waals surface area contributed by atoms with E-state index in [9.17, 15) is 9.90 Å². The molecule has 1 atom stereocenters. The van der Waals surface area contributed by atoms with Crippen molar-refractivity contribution in [3.05, 3.63) is 47.8 Å². The van der Waals surface area contributed by atoms with Crippen molar-refractivity contribution < 1.29 is 9.90 Å². The fourth-order valence-corrected chi connectivity index (χ4v) is 2.81. The summed E-state index contributed by atoms with van der Waals surface area (Å²) in [7, 11) is 0. The van der Waals surface area contributed by atoms with E-state index >= 15 is 0 Å². The van der Waals surface area contributed by atoms with Gasteiger partial charge in [0.25, 0.3) is 0 Å². The van der Waals surface area contributed by atoms with Crippen LogP contribution in [0.15, 0.2) is 47.8 Å². The summed E-state index contributed by atoms with van der Waals surface area (Å²) in [5.41, 5.74) is 1.88. The summed E-state index contributed by atoms with van der Waals surface area (Å²) in [6, 6.07) is 0. The minimum atomic E-state index is -0.691. The van der Waals surface area contributed by atoms with Crippen molar-refractivity contribution in [2.75, 3.05) is 0 Å². The highest BCUT2D eigenvalue weighted by Gasteiger charge is 2.42. The van der Waals surface area contributed by atoms with Crippen LogP contribution in [-0.2, 0) is 4.79 Å². The molecule has 0 saturated heterocycles. The normalized spacial score (nSPS) is 24.6. The minimum absolute atomic E-state index is 0. The summed E-state index contributed by atoms with van der Waals surface area (Å²) in [4.78, 5) is 11.7. The van der Waals surface area contributed by atoms with Crippen molar-refractivity contribution in [1.82, 2.24) is 0 Å². The summed E-state index contributed by atoms with van der Waals surface area (Å²) < 4.78 is -0.691. The maximum absolute atomic E-state index is 11.7. The van der Waals surface area contributed by atoms with E-state index in [4.69, 9.17) is 0 Å². The van der Waals surface area contributed by atoms with E-state index in [1.165, 1.54) is 0 Å². The molecule has 1 heterocycles.